The van der Waals surface area contributed by atoms with Crippen LogP contribution in [0.15, 0.2) is 39.2 Å². The molecular formula is C10H7BrFNO. The Kier molecular flexibility index (Phi) is 2.23. The Bertz CT molecular complexity index is 431. The summed E-state index contributed by atoms with van der Waals surface area (Å²) in [6.07, 6.45) is 4.41. The van der Waals surface area contributed by atoms with Crippen LogP contribution in [0.5, 0.6) is 0 Å². The van der Waals surface area contributed by atoms with Crippen LogP contribution < -0.4 is 0 Å². The van der Waals surface area contributed by atoms with E-state index in [1.165, 1.54) is 12.2 Å². The first kappa shape index (κ1) is 9.52. The van der Waals surface area contributed by atoms with E-state index in [0.29, 0.717) is 10.2 Å². The molecule has 0 aromatic rings. The molecule has 0 N–H and O–H groups in total. The highest BCUT2D eigenvalue weighted by Gasteiger charge is 2.30. The van der Waals surface area contributed by atoms with Gasteiger partial charge in [-0.05, 0) is 13.0 Å². The third-order valence-electron chi connectivity index (χ3n) is 2.08. The van der Waals surface area contributed by atoms with Gasteiger partial charge in [-0.3, -0.25) is 9.79 Å². The van der Waals surface area contributed by atoms with Gasteiger partial charge < -0.3 is 0 Å². The van der Waals surface area contributed by atoms with Crippen LogP contribution in [0.25, 0.3) is 0 Å². The summed E-state index contributed by atoms with van der Waals surface area (Å²) in [6.45, 7) is 1.68. The quantitative estimate of drug-likeness (QED) is 0.655. The molecule has 0 aromatic carbocycles. The Hall–Kier alpha value is -1.03. The van der Waals surface area contributed by atoms with Gasteiger partial charge in [0.15, 0.2) is 5.78 Å². The molecule has 1 atom stereocenters. The van der Waals surface area contributed by atoms with Crippen LogP contribution in [-0.4, -0.2) is 11.5 Å². The molecule has 0 saturated heterocycles. The predicted octanol–water partition coefficient (Wildman–Crippen LogP) is 2.68. The minimum absolute atomic E-state index is 0.118. The van der Waals surface area contributed by atoms with Gasteiger partial charge in [-0.15, -0.1) is 0 Å². The largest absolute Gasteiger partial charge is 0.294 e. The van der Waals surface area contributed by atoms with Crippen molar-refractivity contribution in [3.8, 4) is 0 Å². The minimum Gasteiger partial charge on any atom is -0.294 e. The second-order valence-corrected chi connectivity index (χ2v) is 4.12. The van der Waals surface area contributed by atoms with Crippen LogP contribution >= 0.6 is 15.9 Å². The molecule has 0 saturated carbocycles. The summed E-state index contributed by atoms with van der Waals surface area (Å²) < 4.78 is 14.0. The summed E-state index contributed by atoms with van der Waals surface area (Å²) in [7, 11) is 0. The molecule has 0 bridgehead atoms. The number of nitrogens with zero attached hydrogens (tertiary/aromatic N) is 1. The van der Waals surface area contributed by atoms with Crippen molar-refractivity contribution < 1.29 is 9.18 Å². The lowest BCUT2D eigenvalue weighted by atomic mass is 9.90. The van der Waals surface area contributed by atoms with E-state index < -0.39 is 11.7 Å². The van der Waals surface area contributed by atoms with E-state index >= 15 is 0 Å². The van der Waals surface area contributed by atoms with Crippen molar-refractivity contribution in [3.05, 3.63) is 34.2 Å². The van der Waals surface area contributed by atoms with E-state index in [1.54, 1.807) is 13.0 Å². The van der Waals surface area contributed by atoms with Crippen LogP contribution in [0.3, 0.4) is 0 Å². The van der Waals surface area contributed by atoms with E-state index in [9.17, 15) is 9.18 Å². The molecule has 14 heavy (non-hydrogen) atoms. The lowest BCUT2D eigenvalue weighted by molar-refractivity contribution is -0.115. The number of halogens is 2. The maximum atomic E-state index is 13.4. The van der Waals surface area contributed by atoms with Crippen LogP contribution in [0.2, 0.25) is 0 Å². The van der Waals surface area contributed by atoms with Crippen LogP contribution in [0.4, 0.5) is 4.39 Å². The molecule has 2 aliphatic rings. The highest BCUT2D eigenvalue weighted by Crippen LogP contribution is 2.29. The molecule has 2 rings (SSSR count). The predicted molar refractivity (Wildman–Crippen MR) is 55.9 cm³/mol. The fourth-order valence-corrected chi connectivity index (χ4v) is 1.95. The average molecular weight is 256 g/mol. The first-order valence-electron chi connectivity index (χ1n) is 4.13. The van der Waals surface area contributed by atoms with E-state index in [1.807, 2.05) is 0 Å². The zero-order chi connectivity index (χ0) is 10.3. The van der Waals surface area contributed by atoms with Crippen molar-refractivity contribution in [1.29, 1.82) is 0 Å². The van der Waals surface area contributed by atoms with Gasteiger partial charge in [0.05, 0.1) is 11.6 Å². The Morgan fingerprint density at radius 2 is 2.21 bits per heavy atom. The molecule has 1 aliphatic heterocycles. The Morgan fingerprint density at radius 1 is 1.50 bits per heavy atom. The highest BCUT2D eigenvalue weighted by molar-refractivity contribution is 9.11. The van der Waals surface area contributed by atoms with E-state index in [0.717, 1.165) is 0 Å². The number of rotatable bonds is 0. The molecule has 0 fully saturated rings. The van der Waals surface area contributed by atoms with E-state index in [2.05, 4.69) is 20.9 Å². The first-order chi connectivity index (χ1) is 6.58. The Morgan fingerprint density at radius 3 is 2.93 bits per heavy atom. The maximum Gasteiger partial charge on any atom is 0.170 e. The number of carbonyl (C=O) groups excluding carboxylic acids is 1. The van der Waals surface area contributed by atoms with Crippen molar-refractivity contribution >= 4 is 27.4 Å². The van der Waals surface area contributed by atoms with Crippen molar-refractivity contribution in [2.24, 2.45) is 10.9 Å². The molecular weight excluding hydrogens is 249 g/mol. The monoisotopic (exact) mass is 255 g/mol. The molecule has 1 aliphatic carbocycles. The summed E-state index contributed by atoms with van der Waals surface area (Å²) in [5, 5.41) is 0. The molecule has 0 spiro atoms. The molecule has 4 heteroatoms. The van der Waals surface area contributed by atoms with Gasteiger partial charge in [0.1, 0.15) is 5.83 Å². The average Bonchev–Trinajstić information content (AvgIpc) is 2.07. The van der Waals surface area contributed by atoms with E-state index in [4.69, 9.17) is 0 Å². The van der Waals surface area contributed by atoms with Crippen molar-refractivity contribution in [3.63, 3.8) is 0 Å². The number of hydrogen-bond donors (Lipinski definition) is 0. The topological polar surface area (TPSA) is 29.4 Å². The molecule has 0 amide bonds. The second kappa shape index (κ2) is 3.28. The number of ketones is 1. The molecule has 0 radical (unpaired) electrons. The molecule has 2 nitrogen and oxygen atoms in total. The fourth-order valence-electron chi connectivity index (χ4n) is 1.49. The van der Waals surface area contributed by atoms with Crippen LogP contribution in [-0.2, 0) is 4.79 Å². The number of allylic oxidation sites excluding steroid dienone is 6. The van der Waals surface area contributed by atoms with Crippen LogP contribution in [0, 0.1) is 5.92 Å². The normalized spacial score (nSPS) is 25.9. The third kappa shape index (κ3) is 1.50. The third-order valence-corrected chi connectivity index (χ3v) is 2.58. The SMILES string of the molecule is CC1=CC(=O)C2C=C(Br)C=C(F)C2=N1. The highest BCUT2D eigenvalue weighted by atomic mass is 79.9. The van der Waals surface area contributed by atoms with Gasteiger partial charge in [0.25, 0.3) is 0 Å². The number of aliphatic imine (C=N–C) groups is 1. The Labute approximate surface area is 89.0 Å². The van der Waals surface area contributed by atoms with E-state index in [-0.39, 0.29) is 11.5 Å². The van der Waals surface area contributed by atoms with Gasteiger partial charge in [-0.25, -0.2) is 4.39 Å². The molecule has 72 valence electrons. The summed E-state index contributed by atoms with van der Waals surface area (Å²) >= 11 is 3.15. The summed E-state index contributed by atoms with van der Waals surface area (Å²) in [5.41, 5.74) is 0.773. The van der Waals surface area contributed by atoms with Gasteiger partial charge in [0, 0.05) is 16.3 Å². The van der Waals surface area contributed by atoms with Gasteiger partial charge in [-0.2, -0.15) is 0 Å². The lowest BCUT2D eigenvalue weighted by Crippen LogP contribution is -2.26. The molecule has 0 aromatic heterocycles. The van der Waals surface area contributed by atoms with Gasteiger partial charge in [-0.1, -0.05) is 22.0 Å². The Balaban J connectivity index is 2.52. The summed E-state index contributed by atoms with van der Waals surface area (Å²) in [4.78, 5) is 15.5. The number of carbonyl (C=O) groups is 1. The molecule has 1 heterocycles. The first-order valence-corrected chi connectivity index (χ1v) is 4.93. The van der Waals surface area contributed by atoms with Crippen molar-refractivity contribution in [2.45, 2.75) is 6.92 Å². The fraction of sp³-hybridized carbons (Fsp3) is 0.200. The molecule has 1 unspecified atom stereocenters. The van der Waals surface area contributed by atoms with Crippen LogP contribution in [0.1, 0.15) is 6.92 Å². The van der Waals surface area contributed by atoms with Gasteiger partial charge >= 0.3 is 0 Å². The van der Waals surface area contributed by atoms with Gasteiger partial charge in [0.2, 0.25) is 0 Å². The zero-order valence-electron chi connectivity index (χ0n) is 7.42. The van der Waals surface area contributed by atoms with Crippen molar-refractivity contribution in [2.75, 3.05) is 0 Å². The summed E-state index contributed by atoms with van der Waals surface area (Å²) in [6, 6.07) is 0. The van der Waals surface area contributed by atoms with Crippen molar-refractivity contribution in [1.82, 2.24) is 0 Å². The zero-order valence-corrected chi connectivity index (χ0v) is 9.01. The second-order valence-electron chi connectivity index (χ2n) is 3.21. The summed E-state index contributed by atoms with van der Waals surface area (Å²) in [5.74, 6) is -1.11. The maximum absolute atomic E-state index is 13.4. The standard InChI is InChI=1S/C10H7BrFNO/c1-5-2-9(14)7-3-6(11)4-8(12)10(7)13-5/h2-4,7H,1H3. The minimum atomic E-state index is -0.557. The number of hydrogen-bond acceptors (Lipinski definition) is 2. The lowest BCUT2D eigenvalue weighted by Gasteiger charge is -2.19. The number of fused-ring (bicyclic) bond motifs is 1. The smallest absolute Gasteiger partial charge is 0.170 e.